The largest absolute Gasteiger partial charge is 0.323 e. The second-order valence-electron chi connectivity index (χ2n) is 6.64. The van der Waals surface area contributed by atoms with E-state index in [1.165, 1.54) is 0 Å². The average molecular weight is 360 g/mol. The highest BCUT2D eigenvalue weighted by atomic mass is 16.2. The molecule has 27 heavy (non-hydrogen) atoms. The highest BCUT2D eigenvalue weighted by molar-refractivity contribution is 6.03. The quantitative estimate of drug-likeness (QED) is 0.761. The Hall–Kier alpha value is -3.41. The number of hydrogen-bond donors (Lipinski definition) is 1. The molecular formula is C21H20N4O2. The van der Waals surface area contributed by atoms with Crippen LogP contribution in [0.15, 0.2) is 73.1 Å². The Labute approximate surface area is 157 Å². The van der Waals surface area contributed by atoms with Crippen LogP contribution in [-0.2, 0) is 16.1 Å². The Balaban J connectivity index is 1.38. The Morgan fingerprint density at radius 3 is 2.52 bits per heavy atom. The van der Waals surface area contributed by atoms with Gasteiger partial charge in [-0.1, -0.05) is 48.5 Å². The summed E-state index contributed by atoms with van der Waals surface area (Å²) < 4.78 is 1.78. The zero-order chi connectivity index (χ0) is 18.6. The van der Waals surface area contributed by atoms with Crippen LogP contribution >= 0.6 is 0 Å². The van der Waals surface area contributed by atoms with Gasteiger partial charge in [0.15, 0.2) is 0 Å². The molecule has 0 spiro atoms. The molecule has 1 saturated heterocycles. The molecule has 0 aliphatic carbocycles. The number of aromatic nitrogens is 2. The first kappa shape index (κ1) is 17.0. The van der Waals surface area contributed by atoms with E-state index in [4.69, 9.17) is 0 Å². The molecule has 1 aromatic heterocycles. The van der Waals surface area contributed by atoms with E-state index in [2.05, 4.69) is 10.4 Å². The molecule has 6 nitrogen and oxygen atoms in total. The highest BCUT2D eigenvalue weighted by Gasteiger charge is 2.35. The highest BCUT2D eigenvalue weighted by Crippen LogP contribution is 2.25. The van der Waals surface area contributed by atoms with Gasteiger partial charge in [0.2, 0.25) is 11.8 Å². The van der Waals surface area contributed by atoms with Crippen molar-refractivity contribution >= 4 is 23.2 Å². The third-order valence-electron chi connectivity index (χ3n) is 4.65. The smallest absolute Gasteiger partial charge is 0.229 e. The minimum Gasteiger partial charge on any atom is -0.323 e. The number of anilines is 2. The number of nitrogens with zero attached hydrogens (tertiary/aromatic N) is 3. The van der Waals surface area contributed by atoms with Gasteiger partial charge in [0, 0.05) is 24.8 Å². The maximum absolute atomic E-state index is 12.6. The van der Waals surface area contributed by atoms with Gasteiger partial charge >= 0.3 is 0 Å². The lowest BCUT2D eigenvalue weighted by atomic mass is 10.1. The number of para-hydroxylation sites is 1. The summed E-state index contributed by atoms with van der Waals surface area (Å²) in [7, 11) is 0. The number of hydrogen-bond acceptors (Lipinski definition) is 3. The van der Waals surface area contributed by atoms with Crippen molar-refractivity contribution in [3.05, 3.63) is 78.6 Å². The molecule has 0 bridgehead atoms. The normalized spacial score (nSPS) is 16.5. The van der Waals surface area contributed by atoms with E-state index in [1.54, 1.807) is 22.0 Å². The minimum atomic E-state index is -0.366. The first-order valence-electron chi connectivity index (χ1n) is 8.92. The van der Waals surface area contributed by atoms with E-state index < -0.39 is 0 Å². The summed E-state index contributed by atoms with van der Waals surface area (Å²) in [5, 5.41) is 7.17. The summed E-state index contributed by atoms with van der Waals surface area (Å²) in [6, 6.07) is 19.4. The SMILES string of the molecule is O=C(Nc1cnn(Cc2ccccc2)c1)C1CC(=O)N(c2ccccc2)C1. The van der Waals surface area contributed by atoms with Gasteiger partial charge in [-0.05, 0) is 17.7 Å². The van der Waals surface area contributed by atoms with Crippen LogP contribution in [0.4, 0.5) is 11.4 Å². The number of carbonyl (C=O) groups excluding carboxylic acids is 2. The van der Waals surface area contributed by atoms with Gasteiger partial charge in [-0.3, -0.25) is 14.3 Å². The molecule has 0 radical (unpaired) electrons. The van der Waals surface area contributed by atoms with Crippen molar-refractivity contribution in [1.82, 2.24) is 9.78 Å². The second kappa shape index (κ2) is 7.45. The Morgan fingerprint density at radius 1 is 1.07 bits per heavy atom. The van der Waals surface area contributed by atoms with Gasteiger partial charge in [-0.15, -0.1) is 0 Å². The van der Waals surface area contributed by atoms with Crippen LogP contribution in [0.1, 0.15) is 12.0 Å². The van der Waals surface area contributed by atoms with Gasteiger partial charge in [0.25, 0.3) is 0 Å². The van der Waals surface area contributed by atoms with E-state index in [1.807, 2.05) is 60.7 Å². The molecule has 0 saturated carbocycles. The van der Waals surface area contributed by atoms with Crippen LogP contribution in [0.25, 0.3) is 0 Å². The molecule has 1 aliphatic heterocycles. The van der Waals surface area contributed by atoms with Crippen molar-refractivity contribution < 1.29 is 9.59 Å². The molecule has 6 heteroatoms. The molecule has 2 amide bonds. The molecule has 3 aromatic rings. The Bertz CT molecular complexity index is 937. The Morgan fingerprint density at radius 2 is 1.78 bits per heavy atom. The van der Waals surface area contributed by atoms with Crippen molar-refractivity contribution in [2.45, 2.75) is 13.0 Å². The standard InChI is InChI=1S/C21H20N4O2/c26-20-11-17(14-25(20)19-9-5-2-6-10-19)21(27)23-18-12-22-24(15-18)13-16-7-3-1-4-8-16/h1-10,12,15,17H,11,13-14H2,(H,23,27). The predicted octanol–water partition coefficient (Wildman–Crippen LogP) is 2.92. The fourth-order valence-corrected chi connectivity index (χ4v) is 3.27. The lowest BCUT2D eigenvalue weighted by Gasteiger charge is -2.16. The lowest BCUT2D eigenvalue weighted by Crippen LogP contribution is -2.28. The fraction of sp³-hybridized carbons (Fsp3) is 0.190. The Kier molecular flexibility index (Phi) is 4.70. The fourth-order valence-electron chi connectivity index (χ4n) is 3.27. The van der Waals surface area contributed by atoms with Crippen molar-refractivity contribution in [2.75, 3.05) is 16.8 Å². The second-order valence-corrected chi connectivity index (χ2v) is 6.64. The molecule has 1 unspecified atom stereocenters. The lowest BCUT2D eigenvalue weighted by molar-refractivity contribution is -0.122. The van der Waals surface area contributed by atoms with Gasteiger partial charge in [0.1, 0.15) is 0 Å². The summed E-state index contributed by atoms with van der Waals surface area (Å²) in [6.07, 6.45) is 3.65. The zero-order valence-electron chi connectivity index (χ0n) is 14.8. The number of nitrogens with one attached hydrogen (secondary N) is 1. The summed E-state index contributed by atoms with van der Waals surface area (Å²) >= 11 is 0. The molecular weight excluding hydrogens is 340 g/mol. The summed E-state index contributed by atoms with van der Waals surface area (Å²) in [4.78, 5) is 26.5. The first-order chi connectivity index (χ1) is 13.2. The minimum absolute atomic E-state index is 0.0267. The molecule has 2 aromatic carbocycles. The third-order valence-corrected chi connectivity index (χ3v) is 4.65. The van der Waals surface area contributed by atoms with Gasteiger partial charge < -0.3 is 10.2 Å². The molecule has 136 valence electrons. The van der Waals surface area contributed by atoms with Crippen molar-refractivity contribution in [3.8, 4) is 0 Å². The number of amides is 2. The number of benzene rings is 2. The van der Waals surface area contributed by atoms with Crippen LogP contribution in [0.2, 0.25) is 0 Å². The monoisotopic (exact) mass is 360 g/mol. The van der Waals surface area contributed by atoms with Crippen molar-refractivity contribution in [3.63, 3.8) is 0 Å². The van der Waals surface area contributed by atoms with E-state index in [0.717, 1.165) is 11.3 Å². The maximum Gasteiger partial charge on any atom is 0.229 e. The van der Waals surface area contributed by atoms with Crippen LogP contribution in [0.3, 0.4) is 0 Å². The first-order valence-corrected chi connectivity index (χ1v) is 8.92. The van der Waals surface area contributed by atoms with E-state index in [9.17, 15) is 9.59 Å². The van der Waals surface area contributed by atoms with Crippen molar-refractivity contribution in [2.24, 2.45) is 5.92 Å². The molecule has 4 rings (SSSR count). The summed E-state index contributed by atoms with van der Waals surface area (Å²) in [6.45, 7) is 1.03. The van der Waals surface area contributed by atoms with E-state index in [0.29, 0.717) is 18.8 Å². The summed E-state index contributed by atoms with van der Waals surface area (Å²) in [5.41, 5.74) is 2.60. The summed E-state index contributed by atoms with van der Waals surface area (Å²) in [5.74, 6) is -0.544. The molecule has 1 atom stereocenters. The number of carbonyl (C=O) groups is 2. The van der Waals surface area contributed by atoms with Crippen LogP contribution < -0.4 is 10.2 Å². The van der Waals surface area contributed by atoms with Crippen LogP contribution in [-0.4, -0.2) is 28.1 Å². The number of rotatable bonds is 5. The van der Waals surface area contributed by atoms with Gasteiger partial charge in [-0.2, -0.15) is 5.10 Å². The van der Waals surface area contributed by atoms with Crippen LogP contribution in [0.5, 0.6) is 0 Å². The van der Waals surface area contributed by atoms with Gasteiger partial charge in [0.05, 0.1) is 24.3 Å². The maximum atomic E-state index is 12.6. The molecule has 1 N–H and O–H groups in total. The average Bonchev–Trinajstić information content (AvgIpc) is 3.30. The molecule has 1 aliphatic rings. The molecule has 2 heterocycles. The van der Waals surface area contributed by atoms with E-state index in [-0.39, 0.29) is 24.2 Å². The topological polar surface area (TPSA) is 67.2 Å². The zero-order valence-corrected chi connectivity index (χ0v) is 14.8. The van der Waals surface area contributed by atoms with Gasteiger partial charge in [-0.25, -0.2) is 0 Å². The van der Waals surface area contributed by atoms with Crippen LogP contribution in [0, 0.1) is 5.92 Å². The van der Waals surface area contributed by atoms with Crippen molar-refractivity contribution in [1.29, 1.82) is 0 Å². The predicted molar refractivity (Wildman–Crippen MR) is 103 cm³/mol. The third kappa shape index (κ3) is 3.89. The van der Waals surface area contributed by atoms with E-state index >= 15 is 0 Å². The molecule has 1 fully saturated rings.